The lowest BCUT2D eigenvalue weighted by molar-refractivity contribution is -0.133. The number of amides is 2. The van der Waals surface area contributed by atoms with E-state index in [0.29, 0.717) is 38.7 Å². The van der Waals surface area contributed by atoms with Crippen molar-refractivity contribution in [3.63, 3.8) is 0 Å². The molecule has 2 aliphatic rings. The predicted octanol–water partition coefficient (Wildman–Crippen LogP) is 0.651. The molecule has 0 unspecified atom stereocenters. The van der Waals surface area contributed by atoms with Crippen molar-refractivity contribution in [2.75, 3.05) is 45.9 Å². The normalized spacial score (nSPS) is 21.2. The van der Waals surface area contributed by atoms with Gasteiger partial charge in [-0.1, -0.05) is 0 Å². The van der Waals surface area contributed by atoms with Crippen molar-refractivity contribution in [1.29, 1.82) is 0 Å². The number of hydrogen-bond donors (Lipinski definition) is 1. The van der Waals surface area contributed by atoms with E-state index in [2.05, 4.69) is 10.4 Å². The Kier molecular flexibility index (Phi) is 5.91. The summed E-state index contributed by atoms with van der Waals surface area (Å²) in [6.07, 6.45) is 3.90. The maximum absolute atomic E-state index is 12.5. The van der Waals surface area contributed by atoms with E-state index < -0.39 is 0 Å². The number of aromatic nitrogens is 2. The fourth-order valence-electron chi connectivity index (χ4n) is 3.38. The van der Waals surface area contributed by atoms with E-state index in [1.807, 2.05) is 12.3 Å². The van der Waals surface area contributed by atoms with Crippen LogP contribution >= 0.6 is 0 Å². The third kappa shape index (κ3) is 4.50. The van der Waals surface area contributed by atoms with Gasteiger partial charge in [0.25, 0.3) is 0 Å². The third-order valence-corrected chi connectivity index (χ3v) is 4.83. The lowest BCUT2D eigenvalue weighted by Gasteiger charge is -2.34. The van der Waals surface area contributed by atoms with Crippen molar-refractivity contribution in [2.24, 2.45) is 0 Å². The van der Waals surface area contributed by atoms with Crippen molar-refractivity contribution in [3.8, 4) is 0 Å². The number of carbonyl (C=O) groups excluding carboxylic acids is 2. The van der Waals surface area contributed by atoms with Crippen LogP contribution in [0.3, 0.4) is 0 Å². The Morgan fingerprint density at radius 1 is 1.28 bits per heavy atom. The molecule has 0 aromatic carbocycles. The largest absolute Gasteiger partial charge is 0.450 e. The van der Waals surface area contributed by atoms with Gasteiger partial charge in [0.1, 0.15) is 6.54 Å². The van der Waals surface area contributed by atoms with Gasteiger partial charge in [0.05, 0.1) is 12.3 Å². The summed E-state index contributed by atoms with van der Waals surface area (Å²) in [5.74, 6) is 0.484. The average molecular weight is 349 g/mol. The Hall–Kier alpha value is -2.09. The first-order valence-electron chi connectivity index (χ1n) is 9.11. The SMILES string of the molecule is CCOC(=O)N1CCN(C(=O)Cn2ccc([C@@H]3CCCNC3)n2)CC1. The minimum absolute atomic E-state index is 0.0416. The molecule has 1 atom stereocenters. The van der Waals surface area contributed by atoms with Gasteiger partial charge in [0, 0.05) is 44.8 Å². The summed E-state index contributed by atoms with van der Waals surface area (Å²) in [6, 6.07) is 2.02. The van der Waals surface area contributed by atoms with Crippen molar-refractivity contribution >= 4 is 12.0 Å². The number of ether oxygens (including phenoxy) is 1. The molecule has 1 N–H and O–H groups in total. The maximum Gasteiger partial charge on any atom is 0.409 e. The van der Waals surface area contributed by atoms with E-state index in [0.717, 1.165) is 25.2 Å². The number of hydrogen-bond acceptors (Lipinski definition) is 5. The Balaban J connectivity index is 1.48. The molecule has 8 heteroatoms. The molecule has 0 saturated carbocycles. The van der Waals surface area contributed by atoms with E-state index in [1.165, 1.54) is 6.42 Å². The van der Waals surface area contributed by atoms with Crippen molar-refractivity contribution in [2.45, 2.75) is 32.2 Å². The van der Waals surface area contributed by atoms with Crippen molar-refractivity contribution in [1.82, 2.24) is 24.9 Å². The highest BCUT2D eigenvalue weighted by Crippen LogP contribution is 2.21. The molecule has 2 fully saturated rings. The second-order valence-electron chi connectivity index (χ2n) is 6.55. The zero-order valence-corrected chi connectivity index (χ0v) is 14.8. The molecule has 0 radical (unpaired) electrons. The van der Waals surface area contributed by atoms with Gasteiger partial charge in [-0.25, -0.2) is 4.79 Å². The summed E-state index contributed by atoms with van der Waals surface area (Å²) in [6.45, 7) is 6.56. The van der Waals surface area contributed by atoms with Crippen LogP contribution in [0.15, 0.2) is 12.3 Å². The molecule has 0 bridgehead atoms. The molecule has 3 heterocycles. The van der Waals surface area contributed by atoms with Crippen LogP contribution in [0.25, 0.3) is 0 Å². The number of carbonyl (C=O) groups is 2. The Morgan fingerprint density at radius 3 is 2.72 bits per heavy atom. The highest BCUT2D eigenvalue weighted by Gasteiger charge is 2.25. The smallest absolute Gasteiger partial charge is 0.409 e. The number of rotatable bonds is 4. The molecule has 8 nitrogen and oxygen atoms in total. The number of nitrogens with one attached hydrogen (secondary N) is 1. The summed E-state index contributed by atoms with van der Waals surface area (Å²) in [4.78, 5) is 27.6. The van der Waals surface area contributed by atoms with Gasteiger partial charge in [-0.3, -0.25) is 9.48 Å². The third-order valence-electron chi connectivity index (χ3n) is 4.83. The molecule has 0 aliphatic carbocycles. The number of piperazine rings is 1. The molecule has 0 spiro atoms. The van der Waals surface area contributed by atoms with Crippen LogP contribution in [0.5, 0.6) is 0 Å². The van der Waals surface area contributed by atoms with E-state index in [-0.39, 0.29) is 18.5 Å². The summed E-state index contributed by atoms with van der Waals surface area (Å²) >= 11 is 0. The molecule has 1 aromatic heterocycles. The lowest BCUT2D eigenvalue weighted by atomic mass is 9.97. The van der Waals surface area contributed by atoms with Crippen LogP contribution in [-0.2, 0) is 16.1 Å². The lowest BCUT2D eigenvalue weighted by Crippen LogP contribution is -2.51. The van der Waals surface area contributed by atoms with Crippen LogP contribution in [0, 0.1) is 0 Å². The van der Waals surface area contributed by atoms with Crippen LogP contribution in [0.2, 0.25) is 0 Å². The van der Waals surface area contributed by atoms with Gasteiger partial charge in [-0.05, 0) is 32.4 Å². The van der Waals surface area contributed by atoms with Gasteiger partial charge in [0.15, 0.2) is 0 Å². The fourth-order valence-corrected chi connectivity index (χ4v) is 3.38. The Bertz CT molecular complexity index is 589. The first kappa shape index (κ1) is 17.7. The molecular weight excluding hydrogens is 322 g/mol. The second kappa shape index (κ2) is 8.33. The summed E-state index contributed by atoms with van der Waals surface area (Å²) < 4.78 is 6.72. The molecule has 1 aromatic rings. The van der Waals surface area contributed by atoms with Crippen LogP contribution in [0.4, 0.5) is 4.79 Å². The standard InChI is InChI=1S/C17H27N5O3/c1-2-25-17(24)21-10-8-20(9-11-21)16(23)13-22-7-5-15(19-22)14-4-3-6-18-12-14/h5,7,14,18H,2-4,6,8-13H2,1H3/t14-/m1/s1. The Morgan fingerprint density at radius 2 is 2.04 bits per heavy atom. The molecular formula is C17H27N5O3. The molecule has 2 saturated heterocycles. The maximum atomic E-state index is 12.5. The van der Waals surface area contributed by atoms with Crippen LogP contribution in [-0.4, -0.2) is 77.5 Å². The van der Waals surface area contributed by atoms with E-state index >= 15 is 0 Å². The van der Waals surface area contributed by atoms with Crippen molar-refractivity contribution in [3.05, 3.63) is 18.0 Å². The quantitative estimate of drug-likeness (QED) is 0.863. The average Bonchev–Trinajstić information content (AvgIpc) is 3.11. The van der Waals surface area contributed by atoms with Crippen LogP contribution < -0.4 is 5.32 Å². The van der Waals surface area contributed by atoms with Gasteiger partial charge >= 0.3 is 6.09 Å². The molecule has 138 valence electrons. The minimum atomic E-state index is -0.299. The van der Waals surface area contributed by atoms with Crippen LogP contribution in [0.1, 0.15) is 31.4 Å². The second-order valence-corrected chi connectivity index (χ2v) is 6.55. The first-order valence-corrected chi connectivity index (χ1v) is 9.11. The first-order chi connectivity index (χ1) is 12.2. The fraction of sp³-hybridized carbons (Fsp3) is 0.706. The summed E-state index contributed by atoms with van der Waals surface area (Å²) in [7, 11) is 0. The molecule has 3 rings (SSSR count). The van der Waals surface area contributed by atoms with Gasteiger partial charge in [-0.15, -0.1) is 0 Å². The number of nitrogens with zero attached hydrogens (tertiary/aromatic N) is 4. The van der Waals surface area contributed by atoms with Gasteiger partial charge in [-0.2, -0.15) is 5.10 Å². The Labute approximate surface area is 148 Å². The van der Waals surface area contributed by atoms with Crippen molar-refractivity contribution < 1.29 is 14.3 Å². The molecule has 2 amide bonds. The topological polar surface area (TPSA) is 79.7 Å². The highest BCUT2D eigenvalue weighted by molar-refractivity contribution is 5.76. The zero-order valence-electron chi connectivity index (χ0n) is 14.8. The predicted molar refractivity (Wildman–Crippen MR) is 92.2 cm³/mol. The zero-order chi connectivity index (χ0) is 17.6. The summed E-state index contributed by atoms with van der Waals surface area (Å²) in [5.41, 5.74) is 1.06. The van der Waals surface area contributed by atoms with Gasteiger partial charge < -0.3 is 19.9 Å². The molecule has 25 heavy (non-hydrogen) atoms. The molecule has 2 aliphatic heterocycles. The minimum Gasteiger partial charge on any atom is -0.450 e. The van der Waals surface area contributed by atoms with E-state index in [9.17, 15) is 9.59 Å². The van der Waals surface area contributed by atoms with Gasteiger partial charge in [0.2, 0.25) is 5.91 Å². The van der Waals surface area contributed by atoms with E-state index in [1.54, 1.807) is 21.4 Å². The number of piperidine rings is 1. The summed E-state index contributed by atoms with van der Waals surface area (Å²) in [5, 5.41) is 7.97. The monoisotopic (exact) mass is 349 g/mol. The van der Waals surface area contributed by atoms with E-state index in [4.69, 9.17) is 4.74 Å². The highest BCUT2D eigenvalue weighted by atomic mass is 16.6.